The Labute approximate surface area is 184 Å². The molecule has 8 heteroatoms. The van der Waals surface area contributed by atoms with Gasteiger partial charge >= 0.3 is 0 Å². The number of anilines is 1. The summed E-state index contributed by atoms with van der Waals surface area (Å²) in [6.07, 6.45) is 1.95. The average Bonchev–Trinajstić information content (AvgIpc) is 2.70. The number of hydroxylamine groups is 1. The molecule has 0 fully saturated rings. The fourth-order valence-electron chi connectivity index (χ4n) is 3.68. The Morgan fingerprint density at radius 1 is 1.16 bits per heavy atom. The molecule has 0 saturated heterocycles. The summed E-state index contributed by atoms with van der Waals surface area (Å²) in [5, 5.41) is 9.96. The summed E-state index contributed by atoms with van der Waals surface area (Å²) in [5.41, 5.74) is 8.65. The maximum Gasteiger partial charge on any atom is 0.262 e. The predicted octanol–water partition coefficient (Wildman–Crippen LogP) is 3.86. The van der Waals surface area contributed by atoms with Crippen LogP contribution in [0.25, 0.3) is 10.8 Å². The number of nitrogens with zero attached hydrogens (tertiary/aromatic N) is 1. The van der Waals surface area contributed by atoms with Crippen molar-refractivity contribution in [2.45, 2.75) is 45.4 Å². The van der Waals surface area contributed by atoms with E-state index in [0.717, 1.165) is 10.8 Å². The molecule has 2 unspecified atom stereocenters. The van der Waals surface area contributed by atoms with Crippen molar-refractivity contribution in [2.75, 3.05) is 12.3 Å². The van der Waals surface area contributed by atoms with Gasteiger partial charge in [0.1, 0.15) is 11.3 Å². The summed E-state index contributed by atoms with van der Waals surface area (Å²) in [6.45, 7) is 11.4. The number of nitrogens with one attached hydrogen (secondary N) is 1. The maximum absolute atomic E-state index is 13.8. The number of hydrogen-bond acceptors (Lipinski definition) is 5. The van der Waals surface area contributed by atoms with Gasteiger partial charge in [0.2, 0.25) is 10.0 Å². The van der Waals surface area contributed by atoms with Gasteiger partial charge in [0.25, 0.3) is 5.91 Å². The molecule has 2 aromatic carbocycles. The Morgan fingerprint density at radius 2 is 1.77 bits per heavy atom. The van der Waals surface area contributed by atoms with Gasteiger partial charge in [-0.2, -0.15) is 4.31 Å². The largest absolute Gasteiger partial charge is 0.399 e. The zero-order chi connectivity index (χ0) is 23.3. The highest BCUT2D eigenvalue weighted by atomic mass is 32.2. The molecule has 0 aromatic heterocycles. The lowest BCUT2D eigenvalue weighted by atomic mass is 10.0. The van der Waals surface area contributed by atoms with Crippen LogP contribution in [0.15, 0.2) is 49.1 Å². The minimum atomic E-state index is -4.02. The highest BCUT2D eigenvalue weighted by Gasteiger charge is 2.40. The van der Waals surface area contributed by atoms with Crippen LogP contribution in [0.3, 0.4) is 0 Å². The number of nitrogen functional groups attached to an aromatic ring is 1. The van der Waals surface area contributed by atoms with Crippen LogP contribution in [0, 0.1) is 11.8 Å². The molecule has 2 aromatic rings. The second-order valence-electron chi connectivity index (χ2n) is 8.53. The molecule has 0 aliphatic rings. The van der Waals surface area contributed by atoms with Gasteiger partial charge in [-0.15, -0.1) is 6.58 Å². The predicted molar refractivity (Wildman–Crippen MR) is 125 cm³/mol. The van der Waals surface area contributed by atoms with Gasteiger partial charge < -0.3 is 5.73 Å². The minimum absolute atomic E-state index is 0.157. The van der Waals surface area contributed by atoms with Crippen molar-refractivity contribution >= 4 is 32.4 Å². The molecule has 1 amide bonds. The highest BCUT2D eigenvalue weighted by molar-refractivity contribution is 7.89. The Morgan fingerprint density at radius 3 is 2.32 bits per heavy atom. The van der Waals surface area contributed by atoms with Gasteiger partial charge in [-0.3, -0.25) is 10.0 Å². The van der Waals surface area contributed by atoms with Crippen molar-refractivity contribution in [1.29, 1.82) is 0 Å². The van der Waals surface area contributed by atoms with Crippen molar-refractivity contribution in [1.82, 2.24) is 9.79 Å². The third-order valence-corrected chi connectivity index (χ3v) is 7.50. The third-order valence-electron chi connectivity index (χ3n) is 5.33. The van der Waals surface area contributed by atoms with E-state index in [2.05, 4.69) is 6.58 Å². The summed E-state index contributed by atoms with van der Waals surface area (Å²) in [4.78, 5) is 12.4. The van der Waals surface area contributed by atoms with Gasteiger partial charge in [0.05, 0.1) is 0 Å². The number of amides is 1. The monoisotopic (exact) mass is 447 g/mol. The minimum Gasteiger partial charge on any atom is -0.399 e. The lowest BCUT2D eigenvalue weighted by Crippen LogP contribution is -2.53. The number of fused-ring (bicyclic) bond motifs is 1. The Balaban J connectivity index is 2.57. The first-order chi connectivity index (χ1) is 14.5. The Bertz CT molecular complexity index is 1030. The summed E-state index contributed by atoms with van der Waals surface area (Å²) < 4.78 is 28.8. The van der Waals surface area contributed by atoms with E-state index in [9.17, 15) is 18.4 Å². The molecule has 0 aliphatic heterocycles. The van der Waals surface area contributed by atoms with Crippen LogP contribution in [0.2, 0.25) is 0 Å². The first-order valence-corrected chi connectivity index (χ1v) is 11.9. The molecule has 4 N–H and O–H groups in total. The maximum atomic E-state index is 13.8. The number of carbonyl (C=O) groups is 1. The standard InChI is InChI=1S/C23H33N3O4S/c1-6-21(19-8-7-18-14-20(24)10-9-17(18)13-19)31(29,30)26(12-11-15(2)3)22(16(4)5)23(27)25-28/h6-10,13-16,21-22,28H,1,11-12,24H2,2-5H3,(H,25,27). The fraction of sp³-hybridized carbons (Fsp3) is 0.435. The number of nitrogens with two attached hydrogens (primary N) is 1. The molecule has 0 bridgehead atoms. The third kappa shape index (κ3) is 5.64. The van der Waals surface area contributed by atoms with Crippen LogP contribution in [-0.4, -0.2) is 36.4 Å². The van der Waals surface area contributed by atoms with E-state index in [1.54, 1.807) is 37.5 Å². The van der Waals surface area contributed by atoms with E-state index < -0.39 is 27.2 Å². The van der Waals surface area contributed by atoms with Crippen molar-refractivity contribution in [3.8, 4) is 0 Å². The topological polar surface area (TPSA) is 113 Å². The number of carbonyl (C=O) groups excluding carboxylic acids is 1. The lowest BCUT2D eigenvalue weighted by molar-refractivity contribution is -0.134. The number of sulfonamides is 1. The molecule has 0 aliphatic carbocycles. The van der Waals surface area contributed by atoms with Crippen molar-refractivity contribution in [3.63, 3.8) is 0 Å². The molecule has 7 nitrogen and oxygen atoms in total. The second kappa shape index (κ2) is 10.3. The van der Waals surface area contributed by atoms with E-state index in [-0.39, 0.29) is 18.4 Å². The van der Waals surface area contributed by atoms with Crippen molar-refractivity contribution in [3.05, 3.63) is 54.6 Å². The van der Waals surface area contributed by atoms with Crippen molar-refractivity contribution < 1.29 is 18.4 Å². The summed E-state index contributed by atoms with van der Waals surface area (Å²) in [7, 11) is -4.02. The van der Waals surface area contributed by atoms with Gasteiger partial charge in [-0.25, -0.2) is 13.9 Å². The van der Waals surface area contributed by atoms with Gasteiger partial charge in [0.15, 0.2) is 0 Å². The normalized spacial score (nSPS) is 14.2. The van der Waals surface area contributed by atoms with Gasteiger partial charge in [-0.1, -0.05) is 52.0 Å². The van der Waals surface area contributed by atoms with E-state index in [1.807, 2.05) is 32.0 Å². The van der Waals surface area contributed by atoms with Crippen LogP contribution in [0.1, 0.15) is 44.9 Å². The molecule has 0 radical (unpaired) electrons. The molecular formula is C23H33N3O4S. The summed E-state index contributed by atoms with van der Waals surface area (Å²) >= 11 is 0. The van der Waals surface area contributed by atoms with E-state index >= 15 is 0 Å². The molecule has 31 heavy (non-hydrogen) atoms. The van der Waals surface area contributed by atoms with Crippen molar-refractivity contribution in [2.24, 2.45) is 11.8 Å². The molecule has 0 heterocycles. The summed E-state index contributed by atoms with van der Waals surface area (Å²) in [5.74, 6) is -0.866. The van der Waals surface area contributed by atoms with E-state index in [0.29, 0.717) is 17.7 Å². The van der Waals surface area contributed by atoms with Crippen LogP contribution >= 0.6 is 0 Å². The van der Waals surface area contributed by atoms with Gasteiger partial charge in [0, 0.05) is 12.2 Å². The quantitative estimate of drug-likeness (QED) is 0.222. The van der Waals surface area contributed by atoms with E-state index in [1.165, 1.54) is 10.4 Å². The van der Waals surface area contributed by atoms with Crippen LogP contribution in [0.5, 0.6) is 0 Å². The molecule has 2 rings (SSSR count). The Hall–Kier alpha value is -2.42. The first kappa shape index (κ1) is 24.8. The zero-order valence-corrected chi connectivity index (χ0v) is 19.4. The summed E-state index contributed by atoms with van der Waals surface area (Å²) in [6, 6.07) is 9.75. The number of benzene rings is 2. The van der Waals surface area contributed by atoms with Crippen LogP contribution in [-0.2, 0) is 14.8 Å². The molecule has 0 spiro atoms. The van der Waals surface area contributed by atoms with Crippen LogP contribution < -0.4 is 11.2 Å². The lowest BCUT2D eigenvalue weighted by Gasteiger charge is -2.34. The second-order valence-corrected chi connectivity index (χ2v) is 10.5. The number of rotatable bonds is 10. The van der Waals surface area contributed by atoms with Crippen LogP contribution in [0.4, 0.5) is 5.69 Å². The van der Waals surface area contributed by atoms with E-state index in [4.69, 9.17) is 5.73 Å². The fourth-order valence-corrected chi connectivity index (χ4v) is 5.72. The smallest absolute Gasteiger partial charge is 0.262 e. The molecule has 0 saturated carbocycles. The first-order valence-electron chi connectivity index (χ1n) is 10.4. The highest BCUT2D eigenvalue weighted by Crippen LogP contribution is 2.32. The van der Waals surface area contributed by atoms with Gasteiger partial charge in [-0.05, 0) is 52.8 Å². The average molecular weight is 448 g/mol. The molecule has 2 atom stereocenters. The SMILES string of the molecule is C=CC(c1ccc2cc(N)ccc2c1)S(=O)(=O)N(CCC(C)C)C(C(=O)NO)C(C)C. The molecule has 170 valence electrons. The number of hydrogen-bond donors (Lipinski definition) is 3. The molecular weight excluding hydrogens is 414 g/mol. The Kier molecular flexibility index (Phi) is 8.22. The zero-order valence-electron chi connectivity index (χ0n) is 18.6.